The smallest absolute Gasteiger partial charge is 0.336 e. The van der Waals surface area contributed by atoms with Gasteiger partial charge in [0.1, 0.15) is 12.4 Å². The molecule has 0 aromatic heterocycles. The molecule has 0 spiro atoms. The Bertz CT molecular complexity index is 1290. The zero-order chi connectivity index (χ0) is 26.7. The van der Waals surface area contributed by atoms with Crippen molar-refractivity contribution in [3.8, 4) is 11.5 Å². The van der Waals surface area contributed by atoms with Crippen molar-refractivity contribution in [3.63, 3.8) is 0 Å². The van der Waals surface area contributed by atoms with E-state index in [1.54, 1.807) is 33.3 Å². The van der Waals surface area contributed by atoms with Crippen LogP contribution in [0.5, 0.6) is 11.5 Å². The van der Waals surface area contributed by atoms with Gasteiger partial charge in [0.2, 0.25) is 0 Å². The van der Waals surface area contributed by atoms with Gasteiger partial charge in [-0.2, -0.15) is 0 Å². The number of esters is 1. The number of hydrogen-bond donors (Lipinski definition) is 1. The molecule has 37 heavy (non-hydrogen) atoms. The van der Waals surface area contributed by atoms with Gasteiger partial charge in [0.15, 0.2) is 17.3 Å². The summed E-state index contributed by atoms with van der Waals surface area (Å²) in [6.07, 6.45) is 0.804. The third-order valence-electron chi connectivity index (χ3n) is 6.72. The lowest BCUT2D eigenvalue weighted by Crippen LogP contribution is -2.36. The minimum atomic E-state index is -0.693. The Labute approximate surface area is 223 Å². The Morgan fingerprint density at radius 3 is 2.43 bits per heavy atom. The third-order valence-corrected chi connectivity index (χ3v) is 7.33. The minimum absolute atomic E-state index is 0.0766. The van der Waals surface area contributed by atoms with Gasteiger partial charge in [-0.05, 0) is 70.6 Å². The quantitative estimate of drug-likeness (QED) is 0.345. The number of carbonyl (C=O) groups is 2. The zero-order valence-corrected chi connectivity index (χ0v) is 22.7. The van der Waals surface area contributed by atoms with Crippen LogP contribution in [0.4, 0.5) is 4.39 Å². The van der Waals surface area contributed by atoms with Crippen molar-refractivity contribution in [1.29, 1.82) is 0 Å². The largest absolute Gasteiger partial charge is 0.493 e. The summed E-state index contributed by atoms with van der Waals surface area (Å²) in [7, 11) is 4.67. The van der Waals surface area contributed by atoms with Crippen LogP contribution in [-0.4, -0.2) is 46.3 Å². The average Bonchev–Trinajstić information content (AvgIpc) is 2.88. The van der Waals surface area contributed by atoms with Gasteiger partial charge >= 0.3 is 5.97 Å². The molecule has 1 heterocycles. The first-order valence-corrected chi connectivity index (χ1v) is 12.6. The topological polar surface area (TPSA) is 83.1 Å². The van der Waals surface area contributed by atoms with E-state index in [0.717, 1.165) is 11.3 Å². The molecule has 7 nitrogen and oxygen atoms in total. The molecule has 9 heteroatoms. The predicted molar refractivity (Wildman–Crippen MR) is 139 cm³/mol. The first-order valence-electron chi connectivity index (χ1n) is 11.9. The van der Waals surface area contributed by atoms with E-state index >= 15 is 0 Å². The molecule has 0 radical (unpaired) electrons. The highest BCUT2D eigenvalue weighted by Gasteiger charge is 2.41. The summed E-state index contributed by atoms with van der Waals surface area (Å²) in [5, 5.41) is 3.31. The molecule has 2 atom stereocenters. The Morgan fingerprint density at radius 2 is 1.76 bits per heavy atom. The molecule has 1 aliphatic heterocycles. The Morgan fingerprint density at radius 1 is 1.03 bits per heavy atom. The van der Waals surface area contributed by atoms with E-state index in [2.05, 4.69) is 21.2 Å². The van der Waals surface area contributed by atoms with Gasteiger partial charge in [-0.15, -0.1) is 0 Å². The van der Waals surface area contributed by atoms with E-state index in [1.807, 2.05) is 18.2 Å². The van der Waals surface area contributed by atoms with Crippen molar-refractivity contribution in [1.82, 2.24) is 5.32 Å². The fraction of sp³-hybridized carbons (Fsp3) is 0.357. The Hall–Kier alpha value is -3.17. The summed E-state index contributed by atoms with van der Waals surface area (Å²) in [5.74, 6) is -0.650. The SMILES string of the molecule is COCCOC(=O)C1=C(C)NC2=C(C(=O)C[C@H](c3ccc(OC)c(OC)c3)C2)[C@@H]1c1ccc(F)c(Br)c1. The number of ether oxygens (including phenoxy) is 4. The number of allylic oxidation sites excluding steroid dienone is 3. The number of ketones is 1. The number of nitrogens with one attached hydrogen (secondary N) is 1. The second kappa shape index (κ2) is 11.5. The summed E-state index contributed by atoms with van der Waals surface area (Å²) >= 11 is 3.24. The van der Waals surface area contributed by atoms with Gasteiger partial charge in [-0.3, -0.25) is 4.79 Å². The molecule has 1 aliphatic carbocycles. The molecule has 0 bridgehead atoms. The van der Waals surface area contributed by atoms with Gasteiger partial charge in [-0.25, -0.2) is 9.18 Å². The van der Waals surface area contributed by atoms with Crippen LogP contribution in [0.1, 0.15) is 42.7 Å². The highest BCUT2D eigenvalue weighted by atomic mass is 79.9. The van der Waals surface area contributed by atoms with Crippen LogP contribution in [0.15, 0.2) is 63.4 Å². The normalized spacial score (nSPS) is 19.4. The third kappa shape index (κ3) is 5.43. The predicted octanol–water partition coefficient (Wildman–Crippen LogP) is 5.16. The minimum Gasteiger partial charge on any atom is -0.493 e. The van der Waals surface area contributed by atoms with E-state index in [1.165, 1.54) is 13.2 Å². The molecule has 196 valence electrons. The van der Waals surface area contributed by atoms with Crippen LogP contribution >= 0.6 is 15.9 Å². The van der Waals surface area contributed by atoms with Crippen LogP contribution in [-0.2, 0) is 19.1 Å². The van der Waals surface area contributed by atoms with E-state index in [9.17, 15) is 14.0 Å². The van der Waals surface area contributed by atoms with Gasteiger partial charge < -0.3 is 24.3 Å². The number of Topliss-reactive ketones (excluding diaryl/α,β-unsaturated/α-hetero) is 1. The van der Waals surface area contributed by atoms with Crippen molar-refractivity contribution >= 4 is 27.7 Å². The number of halogens is 2. The number of benzene rings is 2. The standard InChI is InChI=1S/C28H29BrFNO6/c1-15-25(28(33)37-10-9-34-2)26(17-5-7-20(30)19(29)11-17)27-21(31-15)12-18(13-22(27)32)16-6-8-23(35-3)24(14-16)36-4/h5-8,11,14,18,26,31H,9-10,12-13H2,1-4H3/t18-,26-/m1/s1. The lowest BCUT2D eigenvalue weighted by Gasteiger charge is -2.37. The van der Waals surface area contributed by atoms with E-state index in [-0.39, 0.29) is 35.8 Å². The van der Waals surface area contributed by atoms with Crippen LogP contribution in [0.2, 0.25) is 0 Å². The Kier molecular flexibility index (Phi) is 8.34. The average molecular weight is 574 g/mol. The molecule has 2 aliphatic rings. The number of rotatable bonds is 8. The molecule has 0 unspecified atom stereocenters. The van der Waals surface area contributed by atoms with Crippen molar-refractivity contribution in [3.05, 3.63) is 80.4 Å². The molecule has 0 saturated carbocycles. The van der Waals surface area contributed by atoms with Crippen molar-refractivity contribution in [2.75, 3.05) is 34.5 Å². The highest BCUT2D eigenvalue weighted by Crippen LogP contribution is 2.47. The van der Waals surface area contributed by atoms with Crippen molar-refractivity contribution in [2.45, 2.75) is 31.6 Å². The van der Waals surface area contributed by atoms with Gasteiger partial charge in [-0.1, -0.05) is 12.1 Å². The molecule has 1 N–H and O–H groups in total. The summed E-state index contributed by atoms with van der Waals surface area (Å²) in [5.41, 5.74) is 3.73. The lowest BCUT2D eigenvalue weighted by molar-refractivity contribution is -0.140. The molecule has 2 aromatic rings. The second-order valence-electron chi connectivity index (χ2n) is 8.93. The molecule has 2 aromatic carbocycles. The van der Waals surface area contributed by atoms with Gasteiger partial charge in [0.05, 0.1) is 30.9 Å². The van der Waals surface area contributed by atoms with Crippen LogP contribution in [0, 0.1) is 5.82 Å². The second-order valence-corrected chi connectivity index (χ2v) is 9.79. The zero-order valence-electron chi connectivity index (χ0n) is 21.2. The van der Waals surface area contributed by atoms with E-state index in [4.69, 9.17) is 18.9 Å². The lowest BCUT2D eigenvalue weighted by atomic mass is 9.71. The first-order chi connectivity index (χ1) is 17.8. The van der Waals surface area contributed by atoms with Gasteiger partial charge in [0, 0.05) is 36.4 Å². The summed E-state index contributed by atoms with van der Waals surface area (Å²) in [4.78, 5) is 26.9. The molecule has 0 saturated heterocycles. The molecule has 0 amide bonds. The van der Waals surface area contributed by atoms with Crippen molar-refractivity contribution < 1.29 is 32.9 Å². The number of dihydropyridines is 1. The van der Waals surface area contributed by atoms with Crippen LogP contribution in [0.3, 0.4) is 0 Å². The first kappa shape index (κ1) is 26.9. The highest BCUT2D eigenvalue weighted by molar-refractivity contribution is 9.10. The summed E-state index contributed by atoms with van der Waals surface area (Å²) in [6, 6.07) is 10.2. The number of methoxy groups -OCH3 is 3. The molecular formula is C28H29BrFNO6. The Balaban J connectivity index is 1.75. The maximum absolute atomic E-state index is 14.1. The van der Waals surface area contributed by atoms with E-state index in [0.29, 0.717) is 40.3 Å². The van der Waals surface area contributed by atoms with Crippen molar-refractivity contribution in [2.24, 2.45) is 0 Å². The summed E-state index contributed by atoms with van der Waals surface area (Å²) < 4.78 is 35.6. The maximum atomic E-state index is 14.1. The van der Waals surface area contributed by atoms with Crippen LogP contribution < -0.4 is 14.8 Å². The molecular weight excluding hydrogens is 545 g/mol. The number of carbonyl (C=O) groups excluding carboxylic acids is 2. The summed E-state index contributed by atoms with van der Waals surface area (Å²) in [6.45, 7) is 2.11. The van der Waals surface area contributed by atoms with E-state index < -0.39 is 17.7 Å². The fourth-order valence-corrected chi connectivity index (χ4v) is 5.37. The molecule has 0 fully saturated rings. The van der Waals surface area contributed by atoms with Crippen LogP contribution in [0.25, 0.3) is 0 Å². The number of hydrogen-bond acceptors (Lipinski definition) is 7. The molecule has 4 rings (SSSR count). The fourth-order valence-electron chi connectivity index (χ4n) is 4.97. The van der Waals surface area contributed by atoms with Gasteiger partial charge in [0.25, 0.3) is 0 Å². The maximum Gasteiger partial charge on any atom is 0.336 e. The monoisotopic (exact) mass is 573 g/mol.